The molecule has 0 aliphatic rings. The SMILES string of the molecule is COC(=O)c1ccccc1C(C)(C)C(=O)c1ccc(Cl)cc1. The highest BCUT2D eigenvalue weighted by Gasteiger charge is 2.34. The lowest BCUT2D eigenvalue weighted by Gasteiger charge is -2.25. The Kier molecular flexibility index (Phi) is 4.67. The number of carbonyl (C=O) groups is 2. The van der Waals surface area contributed by atoms with Crippen LogP contribution in [0, 0.1) is 0 Å². The Hall–Kier alpha value is -2.13. The molecule has 0 amide bonds. The number of methoxy groups -OCH3 is 1. The van der Waals surface area contributed by atoms with Crippen molar-refractivity contribution in [2.24, 2.45) is 0 Å². The van der Waals surface area contributed by atoms with Gasteiger partial charge in [-0.2, -0.15) is 0 Å². The van der Waals surface area contributed by atoms with Crippen molar-refractivity contribution in [3.63, 3.8) is 0 Å². The molecule has 2 aromatic rings. The molecule has 0 saturated carbocycles. The van der Waals surface area contributed by atoms with Gasteiger partial charge in [0.2, 0.25) is 0 Å². The molecule has 0 N–H and O–H groups in total. The van der Waals surface area contributed by atoms with Crippen LogP contribution in [0.3, 0.4) is 0 Å². The predicted molar refractivity (Wildman–Crippen MR) is 86.6 cm³/mol. The number of ketones is 1. The first-order valence-electron chi connectivity index (χ1n) is 6.86. The summed E-state index contributed by atoms with van der Waals surface area (Å²) in [4.78, 5) is 24.8. The summed E-state index contributed by atoms with van der Waals surface area (Å²) in [6, 6.07) is 13.7. The normalized spacial score (nSPS) is 11.1. The highest BCUT2D eigenvalue weighted by molar-refractivity contribution is 6.30. The molecular formula is C18H17ClO3. The molecule has 0 fully saturated rings. The maximum Gasteiger partial charge on any atom is 0.338 e. The van der Waals surface area contributed by atoms with Crippen molar-refractivity contribution in [3.05, 3.63) is 70.2 Å². The van der Waals surface area contributed by atoms with Crippen molar-refractivity contribution >= 4 is 23.4 Å². The summed E-state index contributed by atoms with van der Waals surface area (Å²) in [5.41, 5.74) is 0.728. The molecule has 0 heterocycles. The number of benzene rings is 2. The average Bonchev–Trinajstić information content (AvgIpc) is 2.54. The molecule has 22 heavy (non-hydrogen) atoms. The van der Waals surface area contributed by atoms with E-state index in [1.54, 1.807) is 62.4 Å². The van der Waals surface area contributed by atoms with Crippen molar-refractivity contribution in [2.45, 2.75) is 19.3 Å². The van der Waals surface area contributed by atoms with E-state index in [-0.39, 0.29) is 5.78 Å². The van der Waals surface area contributed by atoms with E-state index in [0.717, 1.165) is 0 Å². The van der Waals surface area contributed by atoms with E-state index in [4.69, 9.17) is 16.3 Å². The van der Waals surface area contributed by atoms with Crippen LogP contribution in [0.2, 0.25) is 5.02 Å². The van der Waals surface area contributed by atoms with Crippen LogP contribution in [-0.4, -0.2) is 18.9 Å². The highest BCUT2D eigenvalue weighted by Crippen LogP contribution is 2.31. The van der Waals surface area contributed by atoms with Gasteiger partial charge in [0.05, 0.1) is 18.1 Å². The Bertz CT molecular complexity index is 703. The van der Waals surface area contributed by atoms with Gasteiger partial charge in [0.1, 0.15) is 0 Å². The van der Waals surface area contributed by atoms with Crippen molar-refractivity contribution < 1.29 is 14.3 Å². The van der Waals surface area contributed by atoms with E-state index in [2.05, 4.69) is 0 Å². The molecular weight excluding hydrogens is 300 g/mol. The second-order valence-electron chi connectivity index (χ2n) is 5.50. The zero-order valence-electron chi connectivity index (χ0n) is 12.7. The number of halogens is 1. The molecule has 114 valence electrons. The first-order chi connectivity index (χ1) is 10.4. The van der Waals surface area contributed by atoms with Gasteiger partial charge in [0.15, 0.2) is 5.78 Å². The smallest absolute Gasteiger partial charge is 0.338 e. The van der Waals surface area contributed by atoms with Gasteiger partial charge in [0.25, 0.3) is 0 Å². The van der Waals surface area contributed by atoms with Gasteiger partial charge in [-0.15, -0.1) is 0 Å². The summed E-state index contributed by atoms with van der Waals surface area (Å²) in [5.74, 6) is -0.534. The van der Waals surface area contributed by atoms with Gasteiger partial charge >= 0.3 is 5.97 Å². The second kappa shape index (κ2) is 6.32. The minimum atomic E-state index is -0.862. The van der Waals surface area contributed by atoms with Crippen molar-refractivity contribution in [3.8, 4) is 0 Å². The lowest BCUT2D eigenvalue weighted by atomic mass is 9.76. The quantitative estimate of drug-likeness (QED) is 0.624. The largest absolute Gasteiger partial charge is 0.465 e. The fourth-order valence-corrected chi connectivity index (χ4v) is 2.53. The van der Waals surface area contributed by atoms with Crippen molar-refractivity contribution in [2.75, 3.05) is 7.11 Å². The molecule has 0 radical (unpaired) electrons. The maximum atomic E-state index is 12.8. The lowest BCUT2D eigenvalue weighted by Crippen LogP contribution is -2.31. The van der Waals surface area contributed by atoms with Crippen LogP contribution in [0.25, 0.3) is 0 Å². The molecule has 0 saturated heterocycles. The van der Waals surface area contributed by atoms with Gasteiger partial charge in [-0.1, -0.05) is 29.8 Å². The van der Waals surface area contributed by atoms with Gasteiger partial charge in [0, 0.05) is 10.6 Å². The molecule has 0 aromatic heterocycles. The summed E-state index contributed by atoms with van der Waals surface area (Å²) in [6.45, 7) is 3.59. The van der Waals surface area contributed by atoms with E-state index in [1.165, 1.54) is 7.11 Å². The molecule has 2 rings (SSSR count). The Morgan fingerprint density at radius 3 is 2.18 bits per heavy atom. The average molecular weight is 317 g/mol. The van der Waals surface area contributed by atoms with Crippen LogP contribution < -0.4 is 0 Å². The van der Waals surface area contributed by atoms with E-state index in [1.807, 2.05) is 0 Å². The molecule has 3 nitrogen and oxygen atoms in total. The third-order valence-electron chi connectivity index (χ3n) is 3.68. The second-order valence-corrected chi connectivity index (χ2v) is 5.93. The number of hydrogen-bond donors (Lipinski definition) is 0. The maximum absolute atomic E-state index is 12.8. The van der Waals surface area contributed by atoms with Crippen LogP contribution in [0.4, 0.5) is 0 Å². The number of Topliss-reactive ketones (excluding diaryl/α,β-unsaturated/α-hetero) is 1. The fraction of sp³-hybridized carbons (Fsp3) is 0.222. The monoisotopic (exact) mass is 316 g/mol. The minimum absolute atomic E-state index is 0.0829. The van der Waals surface area contributed by atoms with Crippen LogP contribution in [-0.2, 0) is 10.2 Å². The summed E-state index contributed by atoms with van der Waals surface area (Å²) in [7, 11) is 1.33. The Morgan fingerprint density at radius 1 is 1.00 bits per heavy atom. The van der Waals surface area contributed by atoms with Gasteiger partial charge < -0.3 is 4.74 Å². The Labute approximate surface area is 134 Å². The number of esters is 1. The summed E-state index contributed by atoms with van der Waals surface area (Å²) < 4.78 is 4.81. The zero-order valence-corrected chi connectivity index (χ0v) is 13.5. The van der Waals surface area contributed by atoms with E-state index in [0.29, 0.717) is 21.7 Å². The van der Waals surface area contributed by atoms with Gasteiger partial charge in [-0.25, -0.2) is 4.79 Å². The highest BCUT2D eigenvalue weighted by atomic mass is 35.5. The molecule has 0 bridgehead atoms. The molecule has 0 aliphatic carbocycles. The van der Waals surface area contributed by atoms with Gasteiger partial charge in [-0.3, -0.25) is 4.79 Å². The Balaban J connectivity index is 2.48. The van der Waals surface area contributed by atoms with Crippen LogP contribution >= 0.6 is 11.6 Å². The summed E-state index contributed by atoms with van der Waals surface area (Å²) in [5, 5.41) is 0.573. The van der Waals surface area contributed by atoms with Gasteiger partial charge in [-0.05, 0) is 49.7 Å². The molecule has 4 heteroatoms. The predicted octanol–water partition coefficient (Wildman–Crippen LogP) is 4.29. The zero-order chi connectivity index (χ0) is 16.3. The summed E-state index contributed by atoms with van der Waals surface area (Å²) >= 11 is 5.86. The van der Waals surface area contributed by atoms with Crippen molar-refractivity contribution in [1.29, 1.82) is 0 Å². The number of rotatable bonds is 4. The molecule has 0 aliphatic heterocycles. The number of ether oxygens (including phenoxy) is 1. The lowest BCUT2D eigenvalue weighted by molar-refractivity contribution is 0.0598. The first-order valence-corrected chi connectivity index (χ1v) is 7.24. The Morgan fingerprint density at radius 2 is 1.59 bits per heavy atom. The molecule has 0 spiro atoms. The standard InChI is InChI=1S/C18H17ClO3/c1-18(2,16(20)12-8-10-13(19)11-9-12)15-7-5-4-6-14(15)17(21)22-3/h4-11H,1-3H3. The van der Waals surface area contributed by atoms with E-state index in [9.17, 15) is 9.59 Å². The van der Waals surface area contributed by atoms with Crippen LogP contribution in [0.1, 0.15) is 40.1 Å². The van der Waals surface area contributed by atoms with Crippen LogP contribution in [0.15, 0.2) is 48.5 Å². The number of hydrogen-bond acceptors (Lipinski definition) is 3. The third-order valence-corrected chi connectivity index (χ3v) is 3.93. The third kappa shape index (κ3) is 3.04. The minimum Gasteiger partial charge on any atom is -0.465 e. The molecule has 2 aromatic carbocycles. The first kappa shape index (κ1) is 16.2. The summed E-state index contributed by atoms with van der Waals surface area (Å²) in [6.07, 6.45) is 0. The number of carbonyl (C=O) groups excluding carboxylic acids is 2. The topological polar surface area (TPSA) is 43.4 Å². The van der Waals surface area contributed by atoms with Crippen molar-refractivity contribution in [1.82, 2.24) is 0 Å². The van der Waals surface area contributed by atoms with Crippen LogP contribution in [0.5, 0.6) is 0 Å². The van der Waals surface area contributed by atoms with E-state index >= 15 is 0 Å². The molecule has 0 unspecified atom stereocenters. The molecule has 0 atom stereocenters. The van der Waals surface area contributed by atoms with E-state index < -0.39 is 11.4 Å². The fourth-order valence-electron chi connectivity index (χ4n) is 2.40.